The van der Waals surface area contributed by atoms with Crippen molar-refractivity contribution in [3.8, 4) is 11.5 Å². The molecule has 1 saturated heterocycles. The van der Waals surface area contributed by atoms with Gasteiger partial charge in [0.15, 0.2) is 11.5 Å². The topological polar surface area (TPSA) is 96.3 Å². The van der Waals surface area contributed by atoms with Gasteiger partial charge in [0.1, 0.15) is 0 Å². The van der Waals surface area contributed by atoms with E-state index in [1.807, 2.05) is 0 Å². The molecule has 160 valence electrons. The number of piperidine rings is 1. The summed E-state index contributed by atoms with van der Waals surface area (Å²) in [6.45, 7) is 6.54. The summed E-state index contributed by atoms with van der Waals surface area (Å²) in [6.07, 6.45) is 3.46. The van der Waals surface area contributed by atoms with Gasteiger partial charge in [-0.3, -0.25) is 9.45 Å². The second-order valence-electron chi connectivity index (χ2n) is 8.09. The molecule has 1 fully saturated rings. The number of fused-ring (bicyclic) bond motifs is 3. The van der Waals surface area contributed by atoms with Crippen molar-refractivity contribution in [3.63, 3.8) is 0 Å². The molecule has 2 N–H and O–H groups in total. The van der Waals surface area contributed by atoms with Gasteiger partial charge < -0.3 is 14.6 Å². The monoisotopic (exact) mass is 415 g/mol. The Hall–Kier alpha value is -1.35. The van der Waals surface area contributed by atoms with Gasteiger partial charge in [0, 0.05) is 19.1 Å². The highest BCUT2D eigenvalue weighted by Gasteiger charge is 2.38. The smallest absolute Gasteiger partial charge is 0.261 e. The van der Waals surface area contributed by atoms with Crippen LogP contribution in [0, 0.1) is 11.8 Å². The van der Waals surface area contributed by atoms with E-state index >= 15 is 0 Å². The van der Waals surface area contributed by atoms with Crippen LogP contribution < -0.4 is 9.47 Å². The predicted molar refractivity (Wildman–Crippen MR) is 109 cm³/mol. The van der Waals surface area contributed by atoms with Crippen LogP contribution in [0.15, 0.2) is 12.1 Å². The van der Waals surface area contributed by atoms with E-state index in [1.165, 1.54) is 11.1 Å². The SMILES string of the molecule is COc1cc2c(cc1OC)C1CC(O)C(CC(C)C)CN1CC2.CS(=O)(=O)O. The largest absolute Gasteiger partial charge is 0.493 e. The molecule has 2 aliphatic rings. The van der Waals surface area contributed by atoms with Crippen molar-refractivity contribution in [2.75, 3.05) is 33.6 Å². The van der Waals surface area contributed by atoms with Crippen molar-refractivity contribution in [2.24, 2.45) is 11.8 Å². The van der Waals surface area contributed by atoms with Crippen molar-refractivity contribution in [2.45, 2.75) is 45.3 Å². The zero-order valence-corrected chi connectivity index (χ0v) is 18.2. The fraction of sp³-hybridized carbons (Fsp3) is 0.700. The molecule has 3 atom stereocenters. The molecule has 3 unspecified atom stereocenters. The van der Waals surface area contributed by atoms with E-state index in [0.717, 1.165) is 43.9 Å². The van der Waals surface area contributed by atoms with E-state index in [2.05, 4.69) is 30.9 Å². The molecule has 2 heterocycles. The molecular formula is C20H33NO6S. The zero-order chi connectivity index (χ0) is 21.1. The highest BCUT2D eigenvalue weighted by atomic mass is 32.2. The van der Waals surface area contributed by atoms with Gasteiger partial charge in [0.2, 0.25) is 0 Å². The highest BCUT2D eigenvalue weighted by molar-refractivity contribution is 7.85. The van der Waals surface area contributed by atoms with E-state index < -0.39 is 10.1 Å². The molecular weight excluding hydrogens is 382 g/mol. The Balaban J connectivity index is 0.000000500. The molecule has 3 rings (SSSR count). The van der Waals surface area contributed by atoms with Crippen molar-refractivity contribution >= 4 is 10.1 Å². The molecule has 1 aromatic rings. The minimum absolute atomic E-state index is 0.210. The van der Waals surface area contributed by atoms with Crippen molar-refractivity contribution in [1.82, 2.24) is 4.90 Å². The lowest BCUT2D eigenvalue weighted by atomic mass is 9.79. The lowest BCUT2D eigenvalue weighted by molar-refractivity contribution is -0.0191. The molecule has 2 aliphatic heterocycles. The van der Waals surface area contributed by atoms with Crippen LogP contribution in [-0.4, -0.2) is 62.6 Å². The van der Waals surface area contributed by atoms with Crippen LogP contribution in [-0.2, 0) is 16.5 Å². The zero-order valence-electron chi connectivity index (χ0n) is 17.4. The minimum atomic E-state index is -3.67. The summed E-state index contributed by atoms with van der Waals surface area (Å²) in [5.74, 6) is 2.61. The molecule has 0 aliphatic carbocycles. The van der Waals surface area contributed by atoms with Gasteiger partial charge in [-0.05, 0) is 54.4 Å². The van der Waals surface area contributed by atoms with E-state index in [-0.39, 0.29) is 6.10 Å². The molecule has 0 radical (unpaired) electrons. The number of rotatable bonds is 4. The van der Waals surface area contributed by atoms with E-state index in [4.69, 9.17) is 14.0 Å². The Morgan fingerprint density at radius 2 is 1.79 bits per heavy atom. The first-order valence-electron chi connectivity index (χ1n) is 9.62. The fourth-order valence-corrected chi connectivity index (χ4v) is 4.26. The Labute approximate surface area is 168 Å². The van der Waals surface area contributed by atoms with E-state index in [0.29, 0.717) is 24.1 Å². The minimum Gasteiger partial charge on any atom is -0.493 e. The van der Waals surface area contributed by atoms with Crippen LogP contribution in [0.5, 0.6) is 11.5 Å². The summed E-state index contributed by atoms with van der Waals surface area (Å²) in [7, 11) is -0.306. The average Bonchev–Trinajstić information content (AvgIpc) is 2.59. The molecule has 0 spiro atoms. The molecule has 0 amide bonds. The van der Waals surface area contributed by atoms with Gasteiger partial charge >= 0.3 is 0 Å². The van der Waals surface area contributed by atoms with Gasteiger partial charge in [-0.15, -0.1) is 0 Å². The number of ether oxygens (including phenoxy) is 2. The van der Waals surface area contributed by atoms with Crippen LogP contribution in [0.25, 0.3) is 0 Å². The normalized spacial score (nSPS) is 24.6. The van der Waals surface area contributed by atoms with Gasteiger partial charge in [0.25, 0.3) is 10.1 Å². The van der Waals surface area contributed by atoms with Crippen LogP contribution in [0.2, 0.25) is 0 Å². The van der Waals surface area contributed by atoms with Crippen molar-refractivity contribution in [1.29, 1.82) is 0 Å². The maximum absolute atomic E-state index is 10.6. The van der Waals surface area contributed by atoms with Crippen LogP contribution in [0.3, 0.4) is 0 Å². The van der Waals surface area contributed by atoms with Gasteiger partial charge in [-0.25, -0.2) is 0 Å². The molecule has 1 aromatic carbocycles. The molecule has 8 heteroatoms. The Morgan fingerprint density at radius 3 is 2.32 bits per heavy atom. The van der Waals surface area contributed by atoms with E-state index in [1.54, 1.807) is 14.2 Å². The summed E-state index contributed by atoms with van der Waals surface area (Å²) in [5, 5.41) is 10.6. The molecule has 0 saturated carbocycles. The van der Waals surface area contributed by atoms with E-state index in [9.17, 15) is 13.5 Å². The standard InChI is InChI=1S/C19H29NO3.CH4O3S/c1-12(2)7-14-11-20-6-5-13-8-18(22-3)19(23-4)9-15(13)16(20)10-17(14)21;1-5(2,3)4/h8-9,12,14,16-17,21H,5-7,10-11H2,1-4H3;1H3,(H,2,3,4). The first kappa shape index (κ1) is 22.9. The second kappa shape index (κ2) is 9.43. The third-order valence-electron chi connectivity index (χ3n) is 5.37. The third kappa shape index (κ3) is 6.07. The molecule has 7 nitrogen and oxygen atoms in total. The fourth-order valence-electron chi connectivity index (χ4n) is 4.26. The van der Waals surface area contributed by atoms with Crippen molar-refractivity contribution < 1.29 is 27.6 Å². The number of aliphatic hydroxyl groups is 1. The summed E-state index contributed by atoms with van der Waals surface area (Å²) in [6, 6.07) is 4.52. The lowest BCUT2D eigenvalue weighted by Crippen LogP contribution is -2.48. The predicted octanol–water partition coefficient (Wildman–Crippen LogP) is 2.53. The first-order chi connectivity index (χ1) is 13.0. The van der Waals surface area contributed by atoms with Crippen LogP contribution in [0.1, 0.15) is 43.9 Å². The molecule has 0 aromatic heterocycles. The maximum Gasteiger partial charge on any atom is 0.261 e. The van der Waals surface area contributed by atoms with Crippen LogP contribution >= 0.6 is 0 Å². The average molecular weight is 416 g/mol. The summed E-state index contributed by atoms with van der Waals surface area (Å²) in [4.78, 5) is 2.55. The number of aliphatic hydroxyl groups excluding tert-OH is 1. The second-order valence-corrected chi connectivity index (χ2v) is 9.56. The lowest BCUT2D eigenvalue weighted by Gasteiger charge is -2.46. The first-order valence-corrected chi connectivity index (χ1v) is 11.5. The Morgan fingerprint density at radius 1 is 1.21 bits per heavy atom. The highest BCUT2D eigenvalue weighted by Crippen LogP contribution is 2.43. The number of hydrogen-bond donors (Lipinski definition) is 2. The number of methoxy groups -OCH3 is 2. The number of benzene rings is 1. The van der Waals surface area contributed by atoms with Gasteiger partial charge in [-0.2, -0.15) is 8.42 Å². The third-order valence-corrected chi connectivity index (χ3v) is 5.37. The van der Waals surface area contributed by atoms with Gasteiger partial charge in [0.05, 0.1) is 26.6 Å². The number of nitrogens with zero attached hydrogens (tertiary/aromatic N) is 1. The Bertz CT molecular complexity index is 756. The Kier molecular flexibility index (Phi) is 7.73. The van der Waals surface area contributed by atoms with Crippen LogP contribution in [0.4, 0.5) is 0 Å². The molecule has 0 bridgehead atoms. The quantitative estimate of drug-likeness (QED) is 0.730. The van der Waals surface area contributed by atoms with Gasteiger partial charge in [-0.1, -0.05) is 13.8 Å². The molecule has 28 heavy (non-hydrogen) atoms. The summed E-state index contributed by atoms with van der Waals surface area (Å²) in [5.41, 5.74) is 2.63. The van der Waals surface area contributed by atoms with Crippen molar-refractivity contribution in [3.05, 3.63) is 23.3 Å². The summed E-state index contributed by atoms with van der Waals surface area (Å²) >= 11 is 0. The number of hydrogen-bond acceptors (Lipinski definition) is 6. The maximum atomic E-state index is 10.6. The summed E-state index contributed by atoms with van der Waals surface area (Å²) < 4.78 is 36.8.